The minimum Gasteiger partial charge on any atom is -0.321 e. The van der Waals surface area contributed by atoms with Gasteiger partial charge in [0, 0.05) is 18.7 Å². The Morgan fingerprint density at radius 3 is 2.42 bits per heavy atom. The fraction of sp³-hybridized carbons (Fsp3) is 0.235. The smallest absolute Gasteiger partial charge is 0.255 e. The van der Waals surface area contributed by atoms with Crippen molar-refractivity contribution in [3.63, 3.8) is 0 Å². The van der Waals surface area contributed by atoms with Crippen LogP contribution in [0.1, 0.15) is 24.2 Å². The third-order valence-corrected chi connectivity index (χ3v) is 6.60. The van der Waals surface area contributed by atoms with E-state index in [9.17, 15) is 17.6 Å². The van der Waals surface area contributed by atoms with Gasteiger partial charge in [-0.25, -0.2) is 12.8 Å². The summed E-state index contributed by atoms with van der Waals surface area (Å²) >= 11 is 11.9. The maximum atomic E-state index is 14.1. The number of benzene rings is 2. The number of anilines is 1. The molecule has 1 amide bonds. The zero-order valence-electron chi connectivity index (χ0n) is 14.1. The first-order valence-electron chi connectivity index (χ1n) is 7.77. The molecule has 2 aromatic carbocycles. The van der Waals surface area contributed by atoms with Crippen LogP contribution in [0.25, 0.3) is 0 Å². The predicted molar refractivity (Wildman–Crippen MR) is 101 cm³/mol. The minimum absolute atomic E-state index is 0.0202. The Morgan fingerprint density at radius 1 is 1.15 bits per heavy atom. The second-order valence-electron chi connectivity index (χ2n) is 5.29. The van der Waals surface area contributed by atoms with E-state index in [0.29, 0.717) is 0 Å². The molecule has 0 saturated heterocycles. The number of nitrogens with zero attached hydrogens (tertiary/aromatic N) is 1. The standard InChI is InChI=1S/C17H17Cl2FN2O3S/c1-3-22(4-2)26(24,25)15-10-11(8-9-13(15)20)17(23)21-14-7-5-6-12(18)16(14)19/h5-10H,3-4H2,1-2H3,(H,21,23). The summed E-state index contributed by atoms with van der Waals surface area (Å²) in [5, 5.41) is 2.95. The highest BCUT2D eigenvalue weighted by Crippen LogP contribution is 2.30. The molecule has 0 radical (unpaired) electrons. The van der Waals surface area contributed by atoms with Crippen LogP contribution in [0, 0.1) is 5.82 Å². The number of rotatable bonds is 6. The number of hydrogen-bond donors (Lipinski definition) is 1. The van der Waals surface area contributed by atoms with Crippen molar-refractivity contribution >= 4 is 44.8 Å². The average molecular weight is 419 g/mol. The van der Waals surface area contributed by atoms with Gasteiger partial charge in [0.1, 0.15) is 10.7 Å². The van der Waals surface area contributed by atoms with Crippen LogP contribution in [0.4, 0.5) is 10.1 Å². The Bertz CT molecular complexity index is 932. The normalized spacial score (nSPS) is 11.6. The van der Waals surface area contributed by atoms with E-state index in [4.69, 9.17) is 23.2 Å². The van der Waals surface area contributed by atoms with E-state index in [-0.39, 0.29) is 34.4 Å². The van der Waals surface area contributed by atoms with Gasteiger partial charge in [0.25, 0.3) is 5.91 Å². The lowest BCUT2D eigenvalue weighted by atomic mass is 10.2. The maximum Gasteiger partial charge on any atom is 0.255 e. The van der Waals surface area contributed by atoms with Gasteiger partial charge in [-0.1, -0.05) is 43.1 Å². The van der Waals surface area contributed by atoms with E-state index in [1.54, 1.807) is 32.0 Å². The Morgan fingerprint density at radius 2 is 1.81 bits per heavy atom. The van der Waals surface area contributed by atoms with Gasteiger partial charge in [-0.15, -0.1) is 0 Å². The highest BCUT2D eigenvalue weighted by atomic mass is 35.5. The zero-order valence-corrected chi connectivity index (χ0v) is 16.4. The second kappa shape index (κ2) is 8.35. The highest BCUT2D eigenvalue weighted by Gasteiger charge is 2.26. The summed E-state index contributed by atoms with van der Waals surface area (Å²) in [6.07, 6.45) is 0. The van der Waals surface area contributed by atoms with E-state index < -0.39 is 26.6 Å². The molecule has 0 saturated carbocycles. The molecule has 2 aromatic rings. The Hall–Kier alpha value is -1.67. The Balaban J connectivity index is 2.40. The Kier molecular flexibility index (Phi) is 6.63. The van der Waals surface area contributed by atoms with Crippen LogP contribution in [0.3, 0.4) is 0 Å². The number of halogens is 3. The van der Waals surface area contributed by atoms with Gasteiger partial charge < -0.3 is 5.32 Å². The summed E-state index contributed by atoms with van der Waals surface area (Å²) in [5.74, 6) is -1.56. The summed E-state index contributed by atoms with van der Waals surface area (Å²) in [7, 11) is -4.04. The fourth-order valence-corrected chi connectivity index (χ4v) is 4.24. The minimum atomic E-state index is -4.04. The van der Waals surface area contributed by atoms with Gasteiger partial charge in [0.05, 0.1) is 15.7 Å². The van der Waals surface area contributed by atoms with Gasteiger partial charge in [-0.2, -0.15) is 4.31 Å². The lowest BCUT2D eigenvalue weighted by Crippen LogP contribution is -2.31. The number of hydrogen-bond acceptors (Lipinski definition) is 3. The van der Waals surface area contributed by atoms with Crippen LogP contribution < -0.4 is 5.32 Å². The van der Waals surface area contributed by atoms with Crippen LogP contribution >= 0.6 is 23.2 Å². The first kappa shape index (κ1) is 20.6. The van der Waals surface area contributed by atoms with Gasteiger partial charge in [-0.3, -0.25) is 4.79 Å². The molecule has 0 unspecified atom stereocenters. The molecule has 5 nitrogen and oxygen atoms in total. The quantitative estimate of drug-likeness (QED) is 0.754. The van der Waals surface area contributed by atoms with Crippen molar-refractivity contribution in [3.8, 4) is 0 Å². The molecule has 0 aliphatic rings. The second-order valence-corrected chi connectivity index (χ2v) is 7.98. The zero-order chi connectivity index (χ0) is 19.5. The summed E-state index contributed by atoms with van der Waals surface area (Å²) in [4.78, 5) is 11.9. The molecule has 0 aliphatic heterocycles. The first-order chi connectivity index (χ1) is 12.2. The van der Waals surface area contributed by atoms with Crippen molar-refractivity contribution < 1.29 is 17.6 Å². The summed E-state index contributed by atoms with van der Waals surface area (Å²) in [5.41, 5.74) is 0.245. The molecular weight excluding hydrogens is 402 g/mol. The topological polar surface area (TPSA) is 66.5 Å². The number of carbonyl (C=O) groups is 1. The molecule has 0 aromatic heterocycles. The van der Waals surface area contributed by atoms with Crippen molar-refractivity contribution in [2.75, 3.05) is 18.4 Å². The van der Waals surface area contributed by atoms with Gasteiger partial charge in [0.15, 0.2) is 0 Å². The number of carbonyl (C=O) groups excluding carboxylic acids is 1. The van der Waals surface area contributed by atoms with Gasteiger partial charge >= 0.3 is 0 Å². The lowest BCUT2D eigenvalue weighted by Gasteiger charge is -2.19. The fourth-order valence-electron chi connectivity index (χ4n) is 2.34. The summed E-state index contributed by atoms with van der Waals surface area (Å²) in [6, 6.07) is 7.87. The lowest BCUT2D eigenvalue weighted by molar-refractivity contribution is 0.102. The molecule has 1 N–H and O–H groups in total. The number of nitrogens with one attached hydrogen (secondary N) is 1. The molecule has 0 fully saturated rings. The van der Waals surface area contributed by atoms with E-state index >= 15 is 0 Å². The monoisotopic (exact) mass is 418 g/mol. The predicted octanol–water partition coefficient (Wildman–Crippen LogP) is 4.42. The van der Waals surface area contributed by atoms with Gasteiger partial charge in [0.2, 0.25) is 10.0 Å². The summed E-state index contributed by atoms with van der Waals surface area (Å²) < 4.78 is 40.4. The van der Waals surface area contributed by atoms with Crippen LogP contribution in [0.5, 0.6) is 0 Å². The van der Waals surface area contributed by atoms with Crippen molar-refractivity contribution in [3.05, 3.63) is 57.8 Å². The SMILES string of the molecule is CCN(CC)S(=O)(=O)c1cc(C(=O)Nc2cccc(Cl)c2Cl)ccc1F. The van der Waals surface area contributed by atoms with Crippen molar-refractivity contribution in [2.24, 2.45) is 0 Å². The molecule has 2 rings (SSSR count). The molecule has 0 atom stereocenters. The summed E-state index contributed by atoms with van der Waals surface area (Å²) in [6.45, 7) is 3.67. The first-order valence-corrected chi connectivity index (χ1v) is 9.97. The number of amides is 1. The van der Waals surface area contributed by atoms with Crippen LogP contribution in [-0.2, 0) is 10.0 Å². The number of sulfonamides is 1. The van der Waals surface area contributed by atoms with E-state index in [0.717, 1.165) is 16.4 Å². The molecule has 9 heteroatoms. The third-order valence-electron chi connectivity index (χ3n) is 3.72. The molecule has 0 spiro atoms. The van der Waals surface area contributed by atoms with Gasteiger partial charge in [-0.05, 0) is 30.3 Å². The van der Waals surface area contributed by atoms with Crippen LogP contribution in [0.15, 0.2) is 41.3 Å². The Labute approximate surface area is 161 Å². The molecule has 0 aliphatic carbocycles. The van der Waals surface area contributed by atoms with Crippen LogP contribution in [0.2, 0.25) is 10.0 Å². The third kappa shape index (κ3) is 4.17. The van der Waals surface area contributed by atoms with Crippen molar-refractivity contribution in [1.82, 2.24) is 4.31 Å². The van der Waals surface area contributed by atoms with E-state index in [2.05, 4.69) is 5.32 Å². The molecule has 0 bridgehead atoms. The largest absolute Gasteiger partial charge is 0.321 e. The van der Waals surface area contributed by atoms with Crippen molar-refractivity contribution in [2.45, 2.75) is 18.7 Å². The highest BCUT2D eigenvalue weighted by molar-refractivity contribution is 7.89. The van der Waals surface area contributed by atoms with E-state index in [1.165, 1.54) is 6.07 Å². The molecule has 140 valence electrons. The maximum absolute atomic E-state index is 14.1. The average Bonchev–Trinajstić information content (AvgIpc) is 2.60. The van der Waals surface area contributed by atoms with E-state index in [1.807, 2.05) is 0 Å². The molecule has 0 heterocycles. The molecular formula is C17H17Cl2FN2O3S. The van der Waals surface area contributed by atoms with Crippen molar-refractivity contribution in [1.29, 1.82) is 0 Å². The molecule has 26 heavy (non-hydrogen) atoms. The van der Waals surface area contributed by atoms with Crippen LogP contribution in [-0.4, -0.2) is 31.7 Å².